The van der Waals surface area contributed by atoms with Crippen LogP contribution in [0.4, 0.5) is 4.39 Å². The third-order valence-corrected chi connectivity index (χ3v) is 5.03. The van der Waals surface area contributed by atoms with Gasteiger partial charge in [0.2, 0.25) is 0 Å². The van der Waals surface area contributed by atoms with Crippen molar-refractivity contribution in [3.05, 3.63) is 81.9 Å². The number of carbonyl (C=O) groups excluding carboxylic acids is 1. The average Bonchev–Trinajstić information content (AvgIpc) is 3.21. The van der Waals surface area contributed by atoms with Crippen LogP contribution in [0.3, 0.4) is 0 Å². The van der Waals surface area contributed by atoms with Gasteiger partial charge in [0.1, 0.15) is 5.82 Å². The smallest absolute Gasteiger partial charge is 0.257 e. The van der Waals surface area contributed by atoms with E-state index < -0.39 is 11.7 Å². The first-order valence-electron chi connectivity index (χ1n) is 9.38. The molecule has 2 heterocycles. The van der Waals surface area contributed by atoms with Crippen molar-refractivity contribution in [3.8, 4) is 0 Å². The predicted molar refractivity (Wildman–Crippen MR) is 105 cm³/mol. The fourth-order valence-electron chi connectivity index (χ4n) is 3.57. The fourth-order valence-corrected chi connectivity index (χ4v) is 3.57. The Morgan fingerprint density at radius 1 is 1.18 bits per heavy atom. The molecule has 1 aliphatic rings. The zero-order valence-electron chi connectivity index (χ0n) is 15.4. The van der Waals surface area contributed by atoms with Gasteiger partial charge in [-0.05, 0) is 42.5 Å². The molecule has 1 aromatic heterocycles. The molecule has 0 unspecified atom stereocenters. The summed E-state index contributed by atoms with van der Waals surface area (Å²) in [6, 6.07) is 15.2. The first-order chi connectivity index (χ1) is 13.6. The van der Waals surface area contributed by atoms with Crippen molar-refractivity contribution in [2.45, 2.75) is 25.5 Å². The standard InChI is InChI=1S/C22H21FN2O3/c23-19-9-3-2-8-18(19)22(27)25(14-17-7-5-11-28-17)13-16-12-15-6-1-4-10-20(15)24-21(16)26/h1-4,6,8-10,12,17H,5,7,11,13-14H2,(H,24,26)/t17-/m0/s1. The minimum atomic E-state index is -0.572. The summed E-state index contributed by atoms with van der Waals surface area (Å²) in [4.78, 5) is 29.9. The maximum atomic E-state index is 14.2. The first-order valence-corrected chi connectivity index (χ1v) is 9.38. The summed E-state index contributed by atoms with van der Waals surface area (Å²) in [5.41, 5.74) is 0.943. The molecule has 1 fully saturated rings. The second-order valence-corrected chi connectivity index (χ2v) is 7.01. The van der Waals surface area contributed by atoms with Crippen LogP contribution in [0.15, 0.2) is 59.4 Å². The highest BCUT2D eigenvalue weighted by molar-refractivity contribution is 5.94. The molecule has 144 valence electrons. The van der Waals surface area contributed by atoms with Gasteiger partial charge in [-0.3, -0.25) is 9.59 Å². The van der Waals surface area contributed by atoms with Gasteiger partial charge in [0, 0.05) is 24.2 Å². The van der Waals surface area contributed by atoms with Crippen molar-refractivity contribution in [1.29, 1.82) is 0 Å². The second-order valence-electron chi connectivity index (χ2n) is 7.01. The van der Waals surface area contributed by atoms with E-state index in [2.05, 4.69) is 4.98 Å². The molecule has 3 aromatic rings. The summed E-state index contributed by atoms with van der Waals surface area (Å²) in [6.45, 7) is 1.07. The van der Waals surface area contributed by atoms with E-state index in [4.69, 9.17) is 4.74 Å². The number of carbonyl (C=O) groups is 1. The second kappa shape index (κ2) is 7.94. The monoisotopic (exact) mass is 380 g/mol. The number of para-hydroxylation sites is 1. The maximum Gasteiger partial charge on any atom is 0.257 e. The number of H-pyrrole nitrogens is 1. The summed E-state index contributed by atoms with van der Waals surface area (Å²) >= 11 is 0. The van der Waals surface area contributed by atoms with Gasteiger partial charge in [-0.15, -0.1) is 0 Å². The van der Waals surface area contributed by atoms with E-state index in [1.165, 1.54) is 17.0 Å². The normalized spacial score (nSPS) is 16.4. The number of hydrogen-bond donors (Lipinski definition) is 1. The summed E-state index contributed by atoms with van der Waals surface area (Å²) in [6.07, 6.45) is 1.67. The van der Waals surface area contributed by atoms with E-state index in [1.807, 2.05) is 24.3 Å². The van der Waals surface area contributed by atoms with Crippen LogP contribution in [-0.4, -0.2) is 35.0 Å². The number of pyridine rings is 1. The lowest BCUT2D eigenvalue weighted by Gasteiger charge is -2.25. The summed E-state index contributed by atoms with van der Waals surface area (Å²) in [5, 5.41) is 0.882. The zero-order valence-corrected chi connectivity index (χ0v) is 15.4. The van der Waals surface area contributed by atoms with Crippen molar-refractivity contribution in [1.82, 2.24) is 9.88 Å². The number of hydrogen-bond acceptors (Lipinski definition) is 3. The Kier molecular flexibility index (Phi) is 5.21. The Labute approximate surface area is 161 Å². The van der Waals surface area contributed by atoms with E-state index >= 15 is 0 Å². The molecule has 0 spiro atoms. The van der Waals surface area contributed by atoms with Crippen LogP contribution in [0.2, 0.25) is 0 Å². The van der Waals surface area contributed by atoms with Gasteiger partial charge in [-0.25, -0.2) is 4.39 Å². The molecule has 1 atom stereocenters. The van der Waals surface area contributed by atoms with Crippen LogP contribution in [-0.2, 0) is 11.3 Å². The third kappa shape index (κ3) is 3.82. The van der Waals surface area contributed by atoms with Crippen LogP contribution in [0.25, 0.3) is 10.9 Å². The zero-order chi connectivity index (χ0) is 19.5. The number of aromatic amines is 1. The molecule has 5 nitrogen and oxygen atoms in total. The van der Waals surface area contributed by atoms with Crippen LogP contribution in [0.5, 0.6) is 0 Å². The van der Waals surface area contributed by atoms with Crippen molar-refractivity contribution in [2.24, 2.45) is 0 Å². The minimum absolute atomic E-state index is 0.00212. The molecule has 1 saturated heterocycles. The van der Waals surface area contributed by atoms with Gasteiger partial charge >= 0.3 is 0 Å². The number of benzene rings is 2. The van der Waals surface area contributed by atoms with Gasteiger partial charge < -0.3 is 14.6 Å². The highest BCUT2D eigenvalue weighted by Gasteiger charge is 2.26. The molecule has 0 bridgehead atoms. The molecular formula is C22H21FN2O3. The number of aromatic nitrogens is 1. The van der Waals surface area contributed by atoms with Crippen LogP contribution in [0.1, 0.15) is 28.8 Å². The quantitative estimate of drug-likeness (QED) is 0.737. The first kappa shape index (κ1) is 18.4. The molecule has 4 rings (SSSR count). The summed E-state index contributed by atoms with van der Waals surface area (Å²) in [5.74, 6) is -1.02. The van der Waals surface area contributed by atoms with Gasteiger partial charge in [0.05, 0.1) is 18.2 Å². The van der Waals surface area contributed by atoms with Crippen LogP contribution < -0.4 is 5.56 Å². The molecule has 0 radical (unpaired) electrons. The number of fused-ring (bicyclic) bond motifs is 1. The molecular weight excluding hydrogens is 359 g/mol. The summed E-state index contributed by atoms with van der Waals surface area (Å²) in [7, 11) is 0. The number of ether oxygens (including phenoxy) is 1. The largest absolute Gasteiger partial charge is 0.376 e. The number of nitrogens with zero attached hydrogens (tertiary/aromatic N) is 1. The van der Waals surface area contributed by atoms with Crippen molar-refractivity contribution >= 4 is 16.8 Å². The molecule has 2 aromatic carbocycles. The number of nitrogens with one attached hydrogen (secondary N) is 1. The van der Waals surface area contributed by atoms with Gasteiger partial charge in [0.15, 0.2) is 0 Å². The SMILES string of the molecule is O=C(c1ccccc1F)N(Cc1cc2ccccc2[nH]c1=O)C[C@@H]1CCCO1. The lowest BCUT2D eigenvalue weighted by molar-refractivity contribution is 0.0503. The van der Waals surface area contributed by atoms with E-state index in [-0.39, 0.29) is 23.8 Å². The van der Waals surface area contributed by atoms with Crippen molar-refractivity contribution in [3.63, 3.8) is 0 Å². The average molecular weight is 380 g/mol. The van der Waals surface area contributed by atoms with Gasteiger partial charge in [-0.1, -0.05) is 30.3 Å². The maximum absolute atomic E-state index is 14.2. The molecule has 1 amide bonds. The fraction of sp³-hybridized carbons (Fsp3) is 0.273. The molecule has 28 heavy (non-hydrogen) atoms. The number of rotatable bonds is 5. The number of amides is 1. The summed E-state index contributed by atoms with van der Waals surface area (Å²) < 4.78 is 19.9. The van der Waals surface area contributed by atoms with E-state index in [9.17, 15) is 14.0 Å². The molecule has 0 saturated carbocycles. The molecule has 1 aliphatic heterocycles. The highest BCUT2D eigenvalue weighted by atomic mass is 19.1. The van der Waals surface area contributed by atoms with E-state index in [0.717, 1.165) is 23.7 Å². The Bertz CT molecular complexity index is 1060. The van der Waals surface area contributed by atoms with Crippen molar-refractivity contribution in [2.75, 3.05) is 13.2 Å². The highest BCUT2D eigenvalue weighted by Crippen LogP contribution is 2.19. The molecule has 0 aliphatic carbocycles. The lowest BCUT2D eigenvalue weighted by atomic mass is 10.1. The Morgan fingerprint density at radius 3 is 2.75 bits per heavy atom. The van der Waals surface area contributed by atoms with E-state index in [0.29, 0.717) is 18.7 Å². The molecule has 6 heteroatoms. The minimum Gasteiger partial charge on any atom is -0.376 e. The lowest BCUT2D eigenvalue weighted by Crippen LogP contribution is -2.38. The topological polar surface area (TPSA) is 62.4 Å². The van der Waals surface area contributed by atoms with Crippen LogP contribution >= 0.6 is 0 Å². The Morgan fingerprint density at radius 2 is 1.96 bits per heavy atom. The van der Waals surface area contributed by atoms with E-state index in [1.54, 1.807) is 18.2 Å². The van der Waals surface area contributed by atoms with Crippen LogP contribution in [0, 0.1) is 5.82 Å². The predicted octanol–water partition coefficient (Wildman–Crippen LogP) is 3.49. The van der Waals surface area contributed by atoms with Gasteiger partial charge in [0.25, 0.3) is 11.5 Å². The molecule has 1 N–H and O–H groups in total. The van der Waals surface area contributed by atoms with Gasteiger partial charge in [-0.2, -0.15) is 0 Å². The number of halogens is 1. The third-order valence-electron chi connectivity index (χ3n) is 5.03. The Hall–Kier alpha value is -2.99. The Balaban J connectivity index is 1.67. The van der Waals surface area contributed by atoms with Crippen molar-refractivity contribution < 1.29 is 13.9 Å².